The summed E-state index contributed by atoms with van der Waals surface area (Å²) in [6.07, 6.45) is 1.75. The molecule has 0 saturated carbocycles. The van der Waals surface area contributed by atoms with Crippen LogP contribution in [0, 0.1) is 6.92 Å². The molecule has 4 rings (SSSR count). The van der Waals surface area contributed by atoms with Crippen molar-refractivity contribution in [3.8, 4) is 5.75 Å². The van der Waals surface area contributed by atoms with Crippen LogP contribution in [0.25, 0.3) is 0 Å². The summed E-state index contributed by atoms with van der Waals surface area (Å²) in [5.41, 5.74) is 4.71. The van der Waals surface area contributed by atoms with Crippen LogP contribution in [0.2, 0.25) is 0 Å². The second-order valence-corrected chi connectivity index (χ2v) is 7.56. The van der Waals surface area contributed by atoms with Crippen LogP contribution in [-0.4, -0.2) is 29.2 Å². The zero-order valence-electron chi connectivity index (χ0n) is 17.1. The Labute approximate surface area is 176 Å². The number of hydrogen-bond donors (Lipinski definition) is 2. The first-order chi connectivity index (χ1) is 14.5. The molecule has 154 valence electrons. The smallest absolute Gasteiger partial charge is 0.335 e. The minimum atomic E-state index is -0.926. The summed E-state index contributed by atoms with van der Waals surface area (Å²) < 4.78 is 5.90. The van der Waals surface area contributed by atoms with Crippen LogP contribution >= 0.6 is 0 Å². The first kappa shape index (κ1) is 19.8. The van der Waals surface area contributed by atoms with Gasteiger partial charge in [-0.1, -0.05) is 42.0 Å². The van der Waals surface area contributed by atoms with Gasteiger partial charge >= 0.3 is 5.97 Å². The number of aryl methyl sites for hydroxylation is 1. The van der Waals surface area contributed by atoms with Crippen LogP contribution in [0.15, 0.2) is 60.8 Å². The zero-order valence-corrected chi connectivity index (χ0v) is 17.1. The van der Waals surface area contributed by atoms with E-state index in [1.807, 2.05) is 25.1 Å². The minimum absolute atomic E-state index is 0.0467. The van der Waals surface area contributed by atoms with Crippen LogP contribution in [0.5, 0.6) is 5.75 Å². The van der Waals surface area contributed by atoms with Crippen molar-refractivity contribution in [2.45, 2.75) is 26.4 Å². The third-order valence-electron chi connectivity index (χ3n) is 5.29. The average Bonchev–Trinajstić information content (AvgIpc) is 2.74. The molecule has 0 bridgehead atoms. The van der Waals surface area contributed by atoms with E-state index in [1.165, 1.54) is 11.1 Å². The second-order valence-electron chi connectivity index (χ2n) is 7.56. The Bertz CT molecular complexity index is 1050. The average molecular weight is 403 g/mol. The van der Waals surface area contributed by atoms with Crippen molar-refractivity contribution < 1.29 is 14.6 Å². The molecular weight excluding hydrogens is 378 g/mol. The molecule has 2 N–H and O–H groups in total. The van der Waals surface area contributed by atoms with E-state index in [-0.39, 0.29) is 11.6 Å². The SMILES string of the molecule is Cc1cccc(CN2CCOc3ccnc(N[C@@H](C)c4ccc(C(=O)O)cc4)c32)c1. The minimum Gasteiger partial charge on any atom is -0.489 e. The van der Waals surface area contributed by atoms with Gasteiger partial charge in [-0.2, -0.15) is 0 Å². The highest BCUT2D eigenvalue weighted by Crippen LogP contribution is 2.39. The number of rotatable bonds is 6. The van der Waals surface area contributed by atoms with Crippen molar-refractivity contribution in [2.24, 2.45) is 0 Å². The predicted molar refractivity (Wildman–Crippen MR) is 117 cm³/mol. The Morgan fingerprint density at radius 1 is 1.23 bits per heavy atom. The third-order valence-corrected chi connectivity index (χ3v) is 5.29. The lowest BCUT2D eigenvalue weighted by Crippen LogP contribution is -2.33. The lowest BCUT2D eigenvalue weighted by Gasteiger charge is -2.33. The maximum absolute atomic E-state index is 11.1. The molecule has 6 heteroatoms. The molecule has 0 radical (unpaired) electrons. The fraction of sp³-hybridized carbons (Fsp3) is 0.250. The number of pyridine rings is 1. The Balaban J connectivity index is 1.59. The predicted octanol–water partition coefficient (Wildman–Crippen LogP) is 4.66. The van der Waals surface area contributed by atoms with Gasteiger partial charge in [0.1, 0.15) is 18.0 Å². The number of nitrogens with one attached hydrogen (secondary N) is 1. The van der Waals surface area contributed by atoms with E-state index >= 15 is 0 Å². The zero-order chi connectivity index (χ0) is 21.1. The molecule has 2 heterocycles. The van der Waals surface area contributed by atoms with Gasteiger partial charge in [-0.05, 0) is 37.1 Å². The van der Waals surface area contributed by atoms with Crippen LogP contribution in [0.1, 0.15) is 40.0 Å². The van der Waals surface area contributed by atoms with Crippen molar-refractivity contribution in [3.05, 3.63) is 83.0 Å². The molecule has 0 saturated heterocycles. The monoisotopic (exact) mass is 403 g/mol. The number of anilines is 2. The number of fused-ring (bicyclic) bond motifs is 1. The maximum atomic E-state index is 11.1. The van der Waals surface area contributed by atoms with Gasteiger partial charge < -0.3 is 20.1 Å². The van der Waals surface area contributed by atoms with Gasteiger partial charge in [0.05, 0.1) is 18.2 Å². The number of nitrogens with zero attached hydrogens (tertiary/aromatic N) is 2. The topological polar surface area (TPSA) is 74.7 Å². The molecule has 0 unspecified atom stereocenters. The Morgan fingerprint density at radius 2 is 2.03 bits per heavy atom. The van der Waals surface area contributed by atoms with Gasteiger partial charge in [-0.15, -0.1) is 0 Å². The lowest BCUT2D eigenvalue weighted by molar-refractivity contribution is 0.0697. The van der Waals surface area contributed by atoms with E-state index in [2.05, 4.69) is 46.4 Å². The van der Waals surface area contributed by atoms with E-state index in [0.717, 1.165) is 35.9 Å². The first-order valence-electron chi connectivity index (χ1n) is 10.0. The summed E-state index contributed by atoms with van der Waals surface area (Å²) in [5.74, 6) is 0.652. The van der Waals surface area contributed by atoms with Gasteiger partial charge in [-0.3, -0.25) is 0 Å². The number of aromatic nitrogens is 1. The van der Waals surface area contributed by atoms with E-state index in [9.17, 15) is 4.79 Å². The van der Waals surface area contributed by atoms with Crippen molar-refractivity contribution in [3.63, 3.8) is 0 Å². The second kappa shape index (κ2) is 8.45. The van der Waals surface area contributed by atoms with Gasteiger partial charge in [0.25, 0.3) is 0 Å². The molecule has 0 aliphatic carbocycles. The van der Waals surface area contributed by atoms with Crippen molar-refractivity contribution in [1.29, 1.82) is 0 Å². The maximum Gasteiger partial charge on any atom is 0.335 e. The molecule has 6 nitrogen and oxygen atoms in total. The number of carbonyl (C=O) groups is 1. The highest BCUT2D eigenvalue weighted by atomic mass is 16.5. The molecule has 0 amide bonds. The summed E-state index contributed by atoms with van der Waals surface area (Å²) in [6, 6.07) is 17.3. The Hall–Kier alpha value is -3.54. The third kappa shape index (κ3) is 4.22. The molecule has 3 aromatic rings. The fourth-order valence-electron chi connectivity index (χ4n) is 3.73. The Morgan fingerprint density at radius 3 is 2.77 bits per heavy atom. The van der Waals surface area contributed by atoms with E-state index in [0.29, 0.717) is 6.61 Å². The van der Waals surface area contributed by atoms with Crippen molar-refractivity contribution in [2.75, 3.05) is 23.4 Å². The lowest BCUT2D eigenvalue weighted by atomic mass is 10.1. The molecule has 1 aliphatic heterocycles. The van der Waals surface area contributed by atoms with Crippen molar-refractivity contribution in [1.82, 2.24) is 4.98 Å². The number of aromatic carboxylic acids is 1. The number of carboxylic acids is 1. The first-order valence-corrected chi connectivity index (χ1v) is 10.0. The molecule has 1 aromatic heterocycles. The number of ether oxygens (including phenoxy) is 1. The Kier molecular flexibility index (Phi) is 5.57. The van der Waals surface area contributed by atoms with Crippen LogP contribution < -0.4 is 15.0 Å². The van der Waals surface area contributed by atoms with E-state index in [1.54, 1.807) is 18.3 Å². The molecule has 30 heavy (non-hydrogen) atoms. The molecular formula is C24H25N3O3. The van der Waals surface area contributed by atoms with Crippen LogP contribution in [-0.2, 0) is 6.54 Å². The molecule has 0 spiro atoms. The fourth-order valence-corrected chi connectivity index (χ4v) is 3.73. The van der Waals surface area contributed by atoms with E-state index < -0.39 is 5.97 Å². The van der Waals surface area contributed by atoms with Gasteiger partial charge in [0.15, 0.2) is 5.82 Å². The number of hydrogen-bond acceptors (Lipinski definition) is 5. The summed E-state index contributed by atoms with van der Waals surface area (Å²) in [6.45, 7) is 6.33. The molecule has 1 atom stereocenters. The largest absolute Gasteiger partial charge is 0.489 e. The van der Waals surface area contributed by atoms with Crippen LogP contribution in [0.4, 0.5) is 11.5 Å². The standard InChI is InChI=1S/C24H25N3O3/c1-16-4-3-5-18(14-16)15-27-12-13-30-21-10-11-25-23(22(21)27)26-17(2)19-6-8-20(9-7-19)24(28)29/h3-11,14,17H,12-13,15H2,1-2H3,(H,25,26)(H,28,29)/t17-/m0/s1. The number of carboxylic acid groups (broad SMARTS) is 1. The summed E-state index contributed by atoms with van der Waals surface area (Å²) in [4.78, 5) is 18.0. The summed E-state index contributed by atoms with van der Waals surface area (Å²) >= 11 is 0. The molecule has 0 fully saturated rings. The van der Waals surface area contributed by atoms with Gasteiger partial charge in [0.2, 0.25) is 0 Å². The highest BCUT2D eigenvalue weighted by molar-refractivity contribution is 5.87. The normalized spacial score (nSPS) is 13.9. The quantitative estimate of drug-likeness (QED) is 0.624. The molecule has 1 aliphatic rings. The van der Waals surface area contributed by atoms with Gasteiger partial charge in [0, 0.05) is 18.8 Å². The summed E-state index contributed by atoms with van der Waals surface area (Å²) in [7, 11) is 0. The van der Waals surface area contributed by atoms with Gasteiger partial charge in [-0.25, -0.2) is 9.78 Å². The van der Waals surface area contributed by atoms with Crippen molar-refractivity contribution >= 4 is 17.5 Å². The highest BCUT2D eigenvalue weighted by Gasteiger charge is 2.24. The van der Waals surface area contributed by atoms with Crippen LogP contribution in [0.3, 0.4) is 0 Å². The summed E-state index contributed by atoms with van der Waals surface area (Å²) in [5, 5.41) is 12.6. The molecule has 2 aromatic carbocycles. The number of benzene rings is 2. The van der Waals surface area contributed by atoms with E-state index in [4.69, 9.17) is 9.84 Å².